The third kappa shape index (κ3) is 5.75. The minimum Gasteiger partial charge on any atom is -0.330 e. The number of amides is 2. The van der Waals surface area contributed by atoms with Crippen LogP contribution < -0.4 is 11.1 Å². The van der Waals surface area contributed by atoms with E-state index in [9.17, 15) is 4.79 Å². The first-order valence-corrected chi connectivity index (χ1v) is 6.85. The Kier molecular flexibility index (Phi) is 6.36. The number of anilines is 1. The van der Waals surface area contributed by atoms with Gasteiger partial charge in [-0.15, -0.1) is 0 Å². The zero-order valence-corrected chi connectivity index (χ0v) is 12.1. The van der Waals surface area contributed by atoms with E-state index in [4.69, 9.17) is 5.73 Å². The Morgan fingerprint density at radius 2 is 1.95 bits per heavy atom. The fraction of sp³-hybridized carbons (Fsp3) is 0.533. The van der Waals surface area contributed by atoms with Crippen molar-refractivity contribution in [2.24, 2.45) is 11.7 Å². The van der Waals surface area contributed by atoms with E-state index >= 15 is 0 Å². The van der Waals surface area contributed by atoms with Crippen LogP contribution in [0.3, 0.4) is 0 Å². The van der Waals surface area contributed by atoms with Crippen molar-refractivity contribution in [3.05, 3.63) is 29.8 Å². The van der Waals surface area contributed by atoms with Crippen molar-refractivity contribution in [1.82, 2.24) is 4.90 Å². The van der Waals surface area contributed by atoms with Crippen molar-refractivity contribution in [2.45, 2.75) is 27.2 Å². The molecule has 0 unspecified atom stereocenters. The molecule has 0 aliphatic rings. The number of nitrogens with two attached hydrogens (primary N) is 1. The Bertz CT molecular complexity index is 387. The first kappa shape index (κ1) is 15.5. The van der Waals surface area contributed by atoms with E-state index in [1.54, 1.807) is 0 Å². The molecule has 0 saturated heterocycles. The summed E-state index contributed by atoms with van der Waals surface area (Å²) in [5.74, 6) is 0.446. The van der Waals surface area contributed by atoms with Crippen LogP contribution in [-0.4, -0.2) is 30.6 Å². The largest absolute Gasteiger partial charge is 0.330 e. The van der Waals surface area contributed by atoms with Crippen LogP contribution in [0.5, 0.6) is 0 Å². The van der Waals surface area contributed by atoms with Crippen LogP contribution >= 0.6 is 0 Å². The van der Waals surface area contributed by atoms with E-state index in [0.29, 0.717) is 19.0 Å². The highest BCUT2D eigenvalue weighted by atomic mass is 16.2. The van der Waals surface area contributed by atoms with E-state index in [0.717, 1.165) is 18.7 Å². The second kappa shape index (κ2) is 7.79. The number of carbonyl (C=O) groups is 1. The molecule has 106 valence electrons. The van der Waals surface area contributed by atoms with Gasteiger partial charge >= 0.3 is 6.03 Å². The summed E-state index contributed by atoms with van der Waals surface area (Å²) < 4.78 is 0. The third-order valence-corrected chi connectivity index (χ3v) is 2.81. The van der Waals surface area contributed by atoms with Gasteiger partial charge in [0.05, 0.1) is 0 Å². The zero-order chi connectivity index (χ0) is 14.3. The lowest BCUT2D eigenvalue weighted by molar-refractivity contribution is 0.204. The van der Waals surface area contributed by atoms with Crippen molar-refractivity contribution in [2.75, 3.05) is 25.0 Å². The number of benzene rings is 1. The molecular formula is C15H25N3O. The molecule has 1 aromatic rings. The van der Waals surface area contributed by atoms with Crippen molar-refractivity contribution >= 4 is 11.7 Å². The Morgan fingerprint density at radius 1 is 1.32 bits per heavy atom. The average molecular weight is 263 g/mol. The molecule has 0 heterocycles. The molecule has 0 aromatic heterocycles. The number of hydrogen-bond acceptors (Lipinski definition) is 2. The Hall–Kier alpha value is -1.55. The number of nitrogens with zero attached hydrogens (tertiary/aromatic N) is 1. The average Bonchev–Trinajstić information content (AvgIpc) is 2.36. The lowest BCUT2D eigenvalue weighted by Crippen LogP contribution is -2.38. The number of rotatable bonds is 6. The molecule has 1 aromatic carbocycles. The fourth-order valence-electron chi connectivity index (χ4n) is 1.84. The Labute approximate surface area is 116 Å². The van der Waals surface area contributed by atoms with E-state index < -0.39 is 0 Å². The normalized spacial score (nSPS) is 10.6. The fourth-order valence-corrected chi connectivity index (χ4v) is 1.84. The highest BCUT2D eigenvalue weighted by molar-refractivity contribution is 5.89. The number of hydrogen-bond donors (Lipinski definition) is 2. The number of urea groups is 1. The molecule has 0 atom stereocenters. The van der Waals surface area contributed by atoms with Gasteiger partial charge in [-0.1, -0.05) is 31.5 Å². The van der Waals surface area contributed by atoms with E-state index in [1.165, 1.54) is 5.56 Å². The van der Waals surface area contributed by atoms with Crippen molar-refractivity contribution in [3.63, 3.8) is 0 Å². The van der Waals surface area contributed by atoms with Gasteiger partial charge < -0.3 is 16.0 Å². The number of aryl methyl sites for hydroxylation is 1. The molecule has 0 aliphatic heterocycles. The summed E-state index contributed by atoms with van der Waals surface area (Å²) in [5.41, 5.74) is 7.53. The molecule has 0 saturated carbocycles. The second-order valence-electron chi connectivity index (χ2n) is 5.28. The van der Waals surface area contributed by atoms with Crippen LogP contribution in [0.25, 0.3) is 0 Å². The van der Waals surface area contributed by atoms with Crippen molar-refractivity contribution < 1.29 is 4.79 Å². The molecule has 0 fully saturated rings. The van der Waals surface area contributed by atoms with Crippen LogP contribution in [0, 0.1) is 12.8 Å². The van der Waals surface area contributed by atoms with E-state index in [2.05, 4.69) is 19.2 Å². The topological polar surface area (TPSA) is 58.4 Å². The van der Waals surface area contributed by atoms with Crippen LogP contribution in [0.4, 0.5) is 10.5 Å². The van der Waals surface area contributed by atoms with Gasteiger partial charge in [-0.2, -0.15) is 0 Å². The van der Waals surface area contributed by atoms with Gasteiger partial charge in [0.2, 0.25) is 0 Å². The molecule has 0 radical (unpaired) electrons. The first-order chi connectivity index (χ1) is 9.02. The lowest BCUT2D eigenvalue weighted by Gasteiger charge is -2.24. The van der Waals surface area contributed by atoms with Gasteiger partial charge in [-0.3, -0.25) is 0 Å². The summed E-state index contributed by atoms with van der Waals surface area (Å²) in [6.07, 6.45) is 0.827. The summed E-state index contributed by atoms with van der Waals surface area (Å²) in [6, 6.07) is 7.77. The molecular weight excluding hydrogens is 238 g/mol. The predicted molar refractivity (Wildman–Crippen MR) is 80.3 cm³/mol. The SMILES string of the molecule is Cc1ccc(NC(=O)N(CCCN)CC(C)C)cc1. The summed E-state index contributed by atoms with van der Waals surface area (Å²) in [6.45, 7) is 8.29. The lowest BCUT2D eigenvalue weighted by atomic mass is 10.2. The van der Waals surface area contributed by atoms with Gasteiger partial charge in [0, 0.05) is 18.8 Å². The molecule has 4 nitrogen and oxygen atoms in total. The van der Waals surface area contributed by atoms with Gasteiger partial charge in [-0.25, -0.2) is 4.79 Å². The molecule has 19 heavy (non-hydrogen) atoms. The van der Waals surface area contributed by atoms with Gasteiger partial charge in [-0.05, 0) is 37.9 Å². The molecule has 2 amide bonds. The quantitative estimate of drug-likeness (QED) is 0.829. The summed E-state index contributed by atoms with van der Waals surface area (Å²) in [4.78, 5) is 14.0. The molecule has 0 bridgehead atoms. The van der Waals surface area contributed by atoms with Crippen LogP contribution in [0.2, 0.25) is 0 Å². The molecule has 0 spiro atoms. The van der Waals surface area contributed by atoms with E-state index in [-0.39, 0.29) is 6.03 Å². The molecule has 0 aliphatic carbocycles. The molecule has 3 N–H and O–H groups in total. The van der Waals surface area contributed by atoms with Crippen molar-refractivity contribution in [3.8, 4) is 0 Å². The van der Waals surface area contributed by atoms with Crippen LogP contribution in [0.1, 0.15) is 25.8 Å². The Balaban J connectivity index is 2.62. The van der Waals surface area contributed by atoms with Gasteiger partial charge in [0.1, 0.15) is 0 Å². The summed E-state index contributed by atoms with van der Waals surface area (Å²) in [7, 11) is 0. The third-order valence-electron chi connectivity index (χ3n) is 2.81. The highest BCUT2D eigenvalue weighted by Gasteiger charge is 2.14. The summed E-state index contributed by atoms with van der Waals surface area (Å²) >= 11 is 0. The maximum atomic E-state index is 12.2. The Morgan fingerprint density at radius 3 is 2.47 bits per heavy atom. The molecule has 4 heteroatoms. The second-order valence-corrected chi connectivity index (χ2v) is 5.28. The first-order valence-electron chi connectivity index (χ1n) is 6.85. The maximum absolute atomic E-state index is 12.2. The highest BCUT2D eigenvalue weighted by Crippen LogP contribution is 2.10. The van der Waals surface area contributed by atoms with E-state index in [1.807, 2.05) is 36.1 Å². The van der Waals surface area contributed by atoms with Crippen LogP contribution in [-0.2, 0) is 0 Å². The predicted octanol–water partition coefficient (Wildman–Crippen LogP) is 2.83. The van der Waals surface area contributed by atoms with Crippen molar-refractivity contribution in [1.29, 1.82) is 0 Å². The van der Waals surface area contributed by atoms with Gasteiger partial charge in [0.15, 0.2) is 0 Å². The zero-order valence-electron chi connectivity index (χ0n) is 12.1. The number of nitrogens with one attached hydrogen (secondary N) is 1. The summed E-state index contributed by atoms with van der Waals surface area (Å²) in [5, 5.41) is 2.93. The standard InChI is InChI=1S/C15H25N3O/c1-12(2)11-18(10-4-9-16)15(19)17-14-7-5-13(3)6-8-14/h5-8,12H,4,9-11,16H2,1-3H3,(H,17,19). The minimum atomic E-state index is -0.0500. The smallest absolute Gasteiger partial charge is 0.321 e. The maximum Gasteiger partial charge on any atom is 0.321 e. The van der Waals surface area contributed by atoms with Gasteiger partial charge in [0.25, 0.3) is 0 Å². The molecule has 1 rings (SSSR count). The van der Waals surface area contributed by atoms with Crippen LogP contribution in [0.15, 0.2) is 24.3 Å². The monoisotopic (exact) mass is 263 g/mol. The minimum absolute atomic E-state index is 0.0500. The number of carbonyl (C=O) groups excluding carboxylic acids is 1.